The van der Waals surface area contributed by atoms with Crippen molar-refractivity contribution in [2.24, 2.45) is 0 Å². The van der Waals surface area contributed by atoms with E-state index in [1.54, 1.807) is 24.4 Å². The molecule has 10 heteroatoms. The van der Waals surface area contributed by atoms with Crippen LogP contribution < -0.4 is 10.6 Å². The lowest BCUT2D eigenvalue weighted by Gasteiger charge is -2.10. The summed E-state index contributed by atoms with van der Waals surface area (Å²) in [5.74, 6) is -0.620. The molecule has 7 nitrogen and oxygen atoms in total. The van der Waals surface area contributed by atoms with Crippen LogP contribution in [0.4, 0.5) is 20.4 Å². The molecule has 0 bridgehead atoms. The third kappa shape index (κ3) is 3.84. The Balaban J connectivity index is 1.26. The first kappa shape index (κ1) is 21.5. The second-order valence-corrected chi connectivity index (χ2v) is 8.88. The molecule has 35 heavy (non-hydrogen) atoms. The maximum Gasteiger partial charge on any atom is 0.269 e. The first-order valence-corrected chi connectivity index (χ1v) is 11.3. The fourth-order valence-corrected chi connectivity index (χ4v) is 4.32. The lowest BCUT2D eigenvalue weighted by atomic mass is 10.0. The van der Waals surface area contributed by atoms with Crippen molar-refractivity contribution >= 4 is 25.5 Å². The number of benzene rings is 2. The Morgan fingerprint density at radius 3 is 2.57 bits per heavy atom. The Morgan fingerprint density at radius 2 is 1.86 bits per heavy atom. The molecule has 172 valence electrons. The van der Waals surface area contributed by atoms with Crippen LogP contribution in [-0.4, -0.2) is 33.5 Å². The van der Waals surface area contributed by atoms with Gasteiger partial charge >= 0.3 is 0 Å². The molecular weight excluding hydrogens is 449 g/mol. The van der Waals surface area contributed by atoms with E-state index < -0.39 is 11.6 Å². The first-order chi connectivity index (χ1) is 16.9. The van der Waals surface area contributed by atoms with Crippen LogP contribution in [0.25, 0.3) is 22.5 Å². The topological polar surface area (TPSA) is 84.7 Å². The van der Waals surface area contributed by atoms with Crippen molar-refractivity contribution in [3.63, 3.8) is 0 Å². The number of amides is 1. The van der Waals surface area contributed by atoms with Crippen LogP contribution in [0.5, 0.6) is 0 Å². The highest BCUT2D eigenvalue weighted by molar-refractivity contribution is 6.07. The van der Waals surface area contributed by atoms with Gasteiger partial charge in [0.05, 0.1) is 11.7 Å². The van der Waals surface area contributed by atoms with E-state index >= 15 is 0 Å². The van der Waals surface area contributed by atoms with Crippen molar-refractivity contribution in [1.82, 2.24) is 25.0 Å². The monoisotopic (exact) mass is 468 g/mol. The summed E-state index contributed by atoms with van der Waals surface area (Å²) in [5.41, 5.74) is 3.63. The van der Waals surface area contributed by atoms with Crippen LogP contribution in [-0.2, 0) is 0 Å². The molecule has 1 aliphatic carbocycles. The van der Waals surface area contributed by atoms with E-state index in [0.29, 0.717) is 33.7 Å². The zero-order chi connectivity index (χ0) is 24.3. The van der Waals surface area contributed by atoms with Crippen LogP contribution in [0.2, 0.25) is 0 Å². The van der Waals surface area contributed by atoms with Crippen molar-refractivity contribution in [2.45, 2.75) is 31.7 Å². The number of nitrogens with zero attached hydrogens (tertiary/aromatic N) is 4. The normalized spacial score (nSPS) is 16.8. The summed E-state index contributed by atoms with van der Waals surface area (Å²) >= 11 is 0. The van der Waals surface area contributed by atoms with E-state index in [1.165, 1.54) is 12.1 Å². The summed E-state index contributed by atoms with van der Waals surface area (Å²) < 4.78 is 30.6. The Hall–Kier alpha value is -4.08. The fourth-order valence-electron chi connectivity index (χ4n) is 4.32. The van der Waals surface area contributed by atoms with Crippen molar-refractivity contribution in [3.05, 3.63) is 77.1 Å². The van der Waals surface area contributed by atoms with Crippen LogP contribution in [0.15, 0.2) is 48.7 Å². The van der Waals surface area contributed by atoms with Gasteiger partial charge < -0.3 is 10.6 Å². The van der Waals surface area contributed by atoms with Crippen LogP contribution >= 0.6 is 0 Å². The molecule has 2 aromatic carbocycles. The minimum Gasteiger partial charge on any atom is -0.345 e. The summed E-state index contributed by atoms with van der Waals surface area (Å²) in [6.45, 7) is 1.81. The van der Waals surface area contributed by atoms with Gasteiger partial charge in [0.2, 0.25) is 5.95 Å². The molecule has 1 atom stereocenters. The van der Waals surface area contributed by atoms with E-state index in [2.05, 4.69) is 25.7 Å². The van der Waals surface area contributed by atoms with Crippen LogP contribution in [0.1, 0.15) is 53.3 Å². The quantitative estimate of drug-likeness (QED) is 0.417. The van der Waals surface area contributed by atoms with Crippen molar-refractivity contribution in [1.29, 1.82) is 0 Å². The number of hydrogen-bond acceptors (Lipinski definition) is 5. The Morgan fingerprint density at radius 1 is 1.06 bits per heavy atom. The van der Waals surface area contributed by atoms with Gasteiger partial charge in [0, 0.05) is 40.1 Å². The fraction of sp³-hybridized carbons (Fsp3) is 0.200. The van der Waals surface area contributed by atoms with Gasteiger partial charge in [0.25, 0.3) is 13.9 Å². The molecule has 0 spiro atoms. The molecule has 1 unspecified atom stereocenters. The predicted molar refractivity (Wildman–Crippen MR) is 127 cm³/mol. The Bertz CT molecular complexity index is 1480. The van der Waals surface area contributed by atoms with Gasteiger partial charge in [-0.15, -0.1) is 0 Å². The van der Waals surface area contributed by atoms with Gasteiger partial charge in [-0.25, -0.2) is 8.78 Å². The number of aromatic nitrogens is 4. The molecule has 2 radical (unpaired) electrons. The van der Waals surface area contributed by atoms with Gasteiger partial charge in [-0.3, -0.25) is 14.4 Å². The van der Waals surface area contributed by atoms with E-state index in [1.807, 2.05) is 19.1 Å². The smallest absolute Gasteiger partial charge is 0.269 e. The molecule has 1 amide bonds. The standard InChI is InChI=1S/C25H19BF2N6O/c1-12-17-10-22(20(28)9-18(17)24(35)30-12)31-25-32-23(33-34(25)26)14-4-6-16(19(27)8-14)15-5-7-21(29-11-15)13-2-3-13/h4-13H,2-3H2,1H3,(H,30,35)(H,31,32,33). The summed E-state index contributed by atoms with van der Waals surface area (Å²) in [4.78, 5) is 20.7. The summed E-state index contributed by atoms with van der Waals surface area (Å²) in [6.07, 6.45) is 4.00. The molecule has 0 saturated heterocycles. The lowest BCUT2D eigenvalue weighted by molar-refractivity contribution is 0.0958. The highest BCUT2D eigenvalue weighted by atomic mass is 19.1. The van der Waals surface area contributed by atoms with Gasteiger partial charge in [0.1, 0.15) is 11.6 Å². The van der Waals surface area contributed by atoms with E-state index in [9.17, 15) is 13.6 Å². The molecular formula is C25H19BF2N6O. The molecule has 1 fully saturated rings. The van der Waals surface area contributed by atoms with Crippen LogP contribution in [0, 0.1) is 11.6 Å². The van der Waals surface area contributed by atoms with Gasteiger partial charge in [0.15, 0.2) is 5.82 Å². The molecule has 1 aliphatic heterocycles. The molecule has 3 heterocycles. The first-order valence-electron chi connectivity index (χ1n) is 11.3. The van der Waals surface area contributed by atoms with Crippen molar-refractivity contribution in [2.75, 3.05) is 5.32 Å². The summed E-state index contributed by atoms with van der Waals surface area (Å²) in [7, 11) is 5.93. The number of hydrogen-bond donors (Lipinski definition) is 2. The molecule has 2 N–H and O–H groups in total. The third-order valence-corrected chi connectivity index (χ3v) is 6.40. The number of carbonyl (C=O) groups excluding carboxylic acids is 1. The van der Waals surface area contributed by atoms with Crippen molar-refractivity contribution < 1.29 is 13.6 Å². The number of pyridine rings is 1. The second kappa shape index (κ2) is 8.01. The molecule has 1 saturated carbocycles. The van der Waals surface area contributed by atoms with E-state index in [-0.39, 0.29) is 29.4 Å². The minimum absolute atomic E-state index is 0.0631. The number of halogens is 2. The van der Waals surface area contributed by atoms with Gasteiger partial charge in [-0.2, -0.15) is 10.1 Å². The summed E-state index contributed by atoms with van der Waals surface area (Å²) in [5, 5.41) is 9.69. The maximum absolute atomic E-state index is 15.0. The largest absolute Gasteiger partial charge is 0.345 e. The SMILES string of the molecule is [B]n1nc(-c2ccc(-c3ccc(C4CC4)nc3)c(F)c2)nc1Nc1cc2c(cc1F)C(=O)NC2C. The lowest BCUT2D eigenvalue weighted by Crippen LogP contribution is -2.16. The molecule has 4 aromatic rings. The van der Waals surface area contributed by atoms with E-state index in [0.717, 1.165) is 23.1 Å². The zero-order valence-electron chi connectivity index (χ0n) is 18.7. The average Bonchev–Trinajstić information content (AvgIpc) is 3.58. The minimum atomic E-state index is -0.630. The zero-order valence-corrected chi connectivity index (χ0v) is 18.7. The van der Waals surface area contributed by atoms with Crippen molar-refractivity contribution in [3.8, 4) is 22.5 Å². The molecule has 2 aromatic heterocycles. The maximum atomic E-state index is 15.0. The number of carbonyl (C=O) groups is 1. The highest BCUT2D eigenvalue weighted by Gasteiger charge is 2.28. The van der Waals surface area contributed by atoms with Gasteiger partial charge in [-0.1, -0.05) is 18.2 Å². The highest BCUT2D eigenvalue weighted by Crippen LogP contribution is 2.39. The third-order valence-electron chi connectivity index (χ3n) is 6.40. The number of nitrogens with one attached hydrogen (secondary N) is 2. The average molecular weight is 468 g/mol. The molecule has 2 aliphatic rings. The Kier molecular flexibility index (Phi) is 4.91. The van der Waals surface area contributed by atoms with E-state index in [4.69, 9.17) is 7.98 Å². The predicted octanol–water partition coefficient (Wildman–Crippen LogP) is 4.64. The van der Waals surface area contributed by atoms with Crippen LogP contribution in [0.3, 0.4) is 0 Å². The van der Waals surface area contributed by atoms with Gasteiger partial charge in [-0.05, 0) is 49.6 Å². The second-order valence-electron chi connectivity index (χ2n) is 8.88. The summed E-state index contributed by atoms with van der Waals surface area (Å²) in [6, 6.07) is 11.0. The number of anilines is 2. The number of fused-ring (bicyclic) bond motifs is 1. The number of rotatable bonds is 5. The molecule has 6 rings (SSSR count). The Labute approximate surface area is 201 Å².